The molecule has 2 N–H and O–H groups in total. The molecule has 0 saturated carbocycles. The smallest absolute Gasteiger partial charge is 0.328 e. The summed E-state index contributed by atoms with van der Waals surface area (Å²) >= 11 is 0. The molecule has 7 heteroatoms. The molecule has 120 valence electrons. The van der Waals surface area contributed by atoms with Gasteiger partial charge in [-0.15, -0.1) is 0 Å². The monoisotopic (exact) mass is 315 g/mol. The molecule has 3 rings (SSSR count). The van der Waals surface area contributed by atoms with Crippen LogP contribution in [-0.2, 0) is 9.53 Å². The lowest BCUT2D eigenvalue weighted by Gasteiger charge is -2.20. The molecule has 1 aromatic carbocycles. The van der Waals surface area contributed by atoms with Crippen LogP contribution in [0, 0.1) is 0 Å². The van der Waals surface area contributed by atoms with Crippen molar-refractivity contribution in [1.82, 2.24) is 10.1 Å². The number of nitrogen functional groups attached to an aromatic ring is 1. The zero-order chi connectivity index (χ0) is 16.4. The van der Waals surface area contributed by atoms with Gasteiger partial charge in [0.05, 0.1) is 7.11 Å². The van der Waals surface area contributed by atoms with Gasteiger partial charge in [-0.2, -0.15) is 0 Å². The summed E-state index contributed by atoms with van der Waals surface area (Å²) in [6.07, 6.45) is 1.35. The largest absolute Gasteiger partial charge is 0.467 e. The standard InChI is InChI=1S/C16H17N3O4/c1-22-16(21)13-3-2-8-19(13)15(20)14-9-12(18-23-14)10-4-6-11(17)7-5-10/h4-7,9,13H,2-3,8,17H2,1H3/t13-/m0/s1. The fourth-order valence-corrected chi connectivity index (χ4v) is 2.70. The van der Waals surface area contributed by atoms with Crippen LogP contribution in [-0.4, -0.2) is 41.6 Å². The predicted octanol–water partition coefficient (Wildman–Crippen LogP) is 1.70. The first-order valence-electron chi connectivity index (χ1n) is 7.31. The average Bonchev–Trinajstić information content (AvgIpc) is 3.23. The van der Waals surface area contributed by atoms with Gasteiger partial charge in [-0.05, 0) is 25.0 Å². The Labute approximate surface area is 133 Å². The molecule has 0 unspecified atom stereocenters. The molecule has 0 spiro atoms. The number of methoxy groups -OCH3 is 1. The number of aromatic nitrogens is 1. The van der Waals surface area contributed by atoms with Gasteiger partial charge in [0.2, 0.25) is 5.76 Å². The van der Waals surface area contributed by atoms with Crippen molar-refractivity contribution in [1.29, 1.82) is 0 Å². The highest BCUT2D eigenvalue weighted by Crippen LogP contribution is 2.24. The lowest BCUT2D eigenvalue weighted by Crippen LogP contribution is -2.40. The summed E-state index contributed by atoms with van der Waals surface area (Å²) < 4.78 is 9.91. The van der Waals surface area contributed by atoms with E-state index in [9.17, 15) is 9.59 Å². The molecule has 23 heavy (non-hydrogen) atoms. The molecule has 1 fully saturated rings. The molecular formula is C16H17N3O4. The third kappa shape index (κ3) is 2.90. The number of hydrogen-bond donors (Lipinski definition) is 1. The van der Waals surface area contributed by atoms with E-state index in [0.29, 0.717) is 24.3 Å². The van der Waals surface area contributed by atoms with Gasteiger partial charge in [-0.3, -0.25) is 4.79 Å². The van der Waals surface area contributed by atoms with Gasteiger partial charge in [0.1, 0.15) is 11.7 Å². The molecule has 7 nitrogen and oxygen atoms in total. The first-order chi connectivity index (χ1) is 11.1. The Morgan fingerprint density at radius 2 is 2.09 bits per heavy atom. The van der Waals surface area contributed by atoms with Gasteiger partial charge in [-0.25, -0.2) is 4.79 Å². The van der Waals surface area contributed by atoms with Crippen LogP contribution in [0.1, 0.15) is 23.4 Å². The van der Waals surface area contributed by atoms with E-state index in [1.165, 1.54) is 12.0 Å². The van der Waals surface area contributed by atoms with Crippen molar-refractivity contribution in [2.75, 3.05) is 19.4 Å². The Kier molecular flexibility index (Phi) is 4.01. The van der Waals surface area contributed by atoms with Gasteiger partial charge >= 0.3 is 5.97 Å². The van der Waals surface area contributed by atoms with E-state index in [1.54, 1.807) is 30.3 Å². The SMILES string of the molecule is COC(=O)[C@@H]1CCCN1C(=O)c1cc(-c2ccc(N)cc2)no1. The number of amides is 1. The molecule has 1 amide bonds. The Morgan fingerprint density at radius 1 is 1.35 bits per heavy atom. The number of rotatable bonds is 3. The lowest BCUT2D eigenvalue weighted by atomic mass is 10.1. The van der Waals surface area contributed by atoms with E-state index in [-0.39, 0.29) is 11.7 Å². The van der Waals surface area contributed by atoms with Crippen molar-refractivity contribution < 1.29 is 18.8 Å². The van der Waals surface area contributed by atoms with Gasteiger partial charge in [0.25, 0.3) is 5.91 Å². The first kappa shape index (κ1) is 15.1. The molecule has 0 bridgehead atoms. The molecule has 1 aliphatic heterocycles. The number of esters is 1. The molecule has 0 radical (unpaired) electrons. The van der Waals surface area contributed by atoms with Gasteiger partial charge in [0.15, 0.2) is 0 Å². The number of ether oxygens (including phenoxy) is 1. The summed E-state index contributed by atoms with van der Waals surface area (Å²) in [4.78, 5) is 25.8. The van der Waals surface area contributed by atoms with Crippen LogP contribution >= 0.6 is 0 Å². The second-order valence-corrected chi connectivity index (χ2v) is 5.38. The lowest BCUT2D eigenvalue weighted by molar-refractivity contribution is -0.145. The fraction of sp³-hybridized carbons (Fsp3) is 0.312. The zero-order valence-electron chi connectivity index (χ0n) is 12.7. The Morgan fingerprint density at radius 3 is 2.78 bits per heavy atom. The maximum Gasteiger partial charge on any atom is 0.328 e. The van der Waals surface area contributed by atoms with Crippen LogP contribution in [0.3, 0.4) is 0 Å². The predicted molar refractivity (Wildman–Crippen MR) is 82.4 cm³/mol. The highest BCUT2D eigenvalue weighted by Gasteiger charge is 2.36. The first-order valence-corrected chi connectivity index (χ1v) is 7.31. The number of carbonyl (C=O) groups excluding carboxylic acids is 2. The summed E-state index contributed by atoms with van der Waals surface area (Å²) in [6, 6.07) is 8.11. The van der Waals surface area contributed by atoms with Crippen molar-refractivity contribution in [3.63, 3.8) is 0 Å². The number of nitrogens with two attached hydrogens (primary N) is 1. The maximum absolute atomic E-state index is 12.5. The minimum atomic E-state index is -0.558. The molecule has 1 atom stereocenters. The van der Waals surface area contributed by atoms with E-state index in [4.69, 9.17) is 15.0 Å². The molecule has 1 saturated heterocycles. The Hall–Kier alpha value is -2.83. The van der Waals surface area contributed by atoms with Gasteiger partial charge < -0.3 is 19.9 Å². The molecular weight excluding hydrogens is 298 g/mol. The molecule has 1 aliphatic rings. The quantitative estimate of drug-likeness (QED) is 0.683. The second kappa shape index (κ2) is 6.12. The van der Waals surface area contributed by atoms with Gasteiger partial charge in [-0.1, -0.05) is 17.3 Å². The van der Waals surface area contributed by atoms with Crippen molar-refractivity contribution >= 4 is 17.6 Å². The summed E-state index contributed by atoms with van der Waals surface area (Å²) in [5.74, 6) is -0.658. The average molecular weight is 315 g/mol. The second-order valence-electron chi connectivity index (χ2n) is 5.38. The van der Waals surface area contributed by atoms with Crippen molar-refractivity contribution in [3.8, 4) is 11.3 Å². The number of nitrogens with zero attached hydrogens (tertiary/aromatic N) is 2. The number of hydrogen-bond acceptors (Lipinski definition) is 6. The van der Waals surface area contributed by atoms with Crippen LogP contribution in [0.2, 0.25) is 0 Å². The highest BCUT2D eigenvalue weighted by atomic mass is 16.5. The number of carbonyl (C=O) groups is 2. The van der Waals surface area contributed by atoms with Crippen LogP contribution in [0.4, 0.5) is 5.69 Å². The van der Waals surface area contributed by atoms with Crippen molar-refractivity contribution in [2.24, 2.45) is 0 Å². The van der Waals surface area contributed by atoms with Crippen LogP contribution in [0.5, 0.6) is 0 Å². The molecule has 2 heterocycles. The zero-order valence-corrected chi connectivity index (χ0v) is 12.7. The fourth-order valence-electron chi connectivity index (χ4n) is 2.70. The number of likely N-dealkylation sites (tertiary alicyclic amines) is 1. The Balaban J connectivity index is 1.81. The van der Waals surface area contributed by atoms with Crippen LogP contribution in [0.25, 0.3) is 11.3 Å². The summed E-state index contributed by atoms with van der Waals surface area (Å²) in [5.41, 5.74) is 7.64. The third-order valence-corrected chi connectivity index (χ3v) is 3.91. The summed E-state index contributed by atoms with van der Waals surface area (Å²) in [7, 11) is 1.32. The van der Waals surface area contributed by atoms with Crippen molar-refractivity contribution in [2.45, 2.75) is 18.9 Å². The molecule has 1 aromatic heterocycles. The highest BCUT2D eigenvalue weighted by molar-refractivity contribution is 5.95. The van der Waals surface area contributed by atoms with Crippen molar-refractivity contribution in [3.05, 3.63) is 36.1 Å². The van der Waals surface area contributed by atoms with E-state index in [2.05, 4.69) is 5.16 Å². The minimum Gasteiger partial charge on any atom is -0.467 e. The van der Waals surface area contributed by atoms with E-state index in [1.807, 2.05) is 0 Å². The summed E-state index contributed by atoms with van der Waals surface area (Å²) in [6.45, 7) is 0.497. The number of anilines is 1. The molecule has 2 aromatic rings. The normalized spacial score (nSPS) is 17.3. The minimum absolute atomic E-state index is 0.104. The maximum atomic E-state index is 12.5. The van der Waals surface area contributed by atoms with Crippen LogP contribution in [0.15, 0.2) is 34.9 Å². The number of benzene rings is 1. The topological polar surface area (TPSA) is 98.7 Å². The van der Waals surface area contributed by atoms with E-state index in [0.717, 1.165) is 12.0 Å². The van der Waals surface area contributed by atoms with Crippen LogP contribution < -0.4 is 5.73 Å². The molecule has 0 aliphatic carbocycles. The van der Waals surface area contributed by atoms with E-state index < -0.39 is 12.0 Å². The van der Waals surface area contributed by atoms with E-state index >= 15 is 0 Å². The summed E-state index contributed by atoms with van der Waals surface area (Å²) in [5, 5.41) is 3.92. The third-order valence-electron chi connectivity index (χ3n) is 3.91. The Bertz CT molecular complexity index is 723. The van der Waals surface area contributed by atoms with Gasteiger partial charge in [0, 0.05) is 23.9 Å².